The van der Waals surface area contributed by atoms with Gasteiger partial charge in [-0.3, -0.25) is 9.59 Å². The third-order valence-corrected chi connectivity index (χ3v) is 2.48. The molecule has 0 aliphatic carbocycles. The Morgan fingerprint density at radius 3 is 2.56 bits per heavy atom. The maximum absolute atomic E-state index is 11.8. The Hall–Kier alpha value is -1.69. The summed E-state index contributed by atoms with van der Waals surface area (Å²) in [5.74, 6) is -1.31. The first kappa shape index (κ1) is 14.4. The summed E-state index contributed by atoms with van der Waals surface area (Å²) in [7, 11) is 0. The van der Waals surface area contributed by atoms with Crippen molar-refractivity contribution >= 4 is 23.5 Å². The summed E-state index contributed by atoms with van der Waals surface area (Å²) in [6, 6.07) is 2.92. The number of carboxylic acids is 1. The molecule has 0 aliphatic rings. The number of hydrogen-bond donors (Lipinski definition) is 2. The molecule has 1 amide bonds. The quantitative estimate of drug-likeness (QED) is 0.847. The summed E-state index contributed by atoms with van der Waals surface area (Å²) in [5, 5.41) is 18.7. The van der Waals surface area contributed by atoms with Gasteiger partial charge in [-0.1, -0.05) is 11.6 Å². The average Bonchev–Trinajstić information content (AvgIpc) is 2.27. The summed E-state index contributed by atoms with van der Waals surface area (Å²) < 4.78 is 0. The highest BCUT2D eigenvalue weighted by Crippen LogP contribution is 2.12. The first-order valence-electron chi connectivity index (χ1n) is 5.34. The molecule has 18 heavy (non-hydrogen) atoms. The largest absolute Gasteiger partial charge is 0.481 e. The highest BCUT2D eigenvalue weighted by molar-refractivity contribution is 6.29. The Morgan fingerprint density at radius 2 is 2.06 bits per heavy atom. The van der Waals surface area contributed by atoms with Gasteiger partial charge in [-0.15, -0.1) is 10.2 Å². The third-order valence-electron chi connectivity index (χ3n) is 2.28. The number of nitrogens with one attached hydrogen (secondary N) is 1. The van der Waals surface area contributed by atoms with Crippen LogP contribution in [-0.2, 0) is 4.79 Å². The number of aliphatic carboxylic acids is 1. The van der Waals surface area contributed by atoms with Gasteiger partial charge in [-0.2, -0.15) is 0 Å². The number of halogens is 1. The number of carbonyl (C=O) groups is 2. The van der Waals surface area contributed by atoms with Crippen LogP contribution in [0.2, 0.25) is 5.15 Å². The summed E-state index contributed by atoms with van der Waals surface area (Å²) in [6.45, 7) is 3.49. The van der Waals surface area contributed by atoms with Crippen LogP contribution in [0.1, 0.15) is 37.2 Å². The first-order valence-corrected chi connectivity index (χ1v) is 5.71. The van der Waals surface area contributed by atoms with Gasteiger partial charge in [0, 0.05) is 12.0 Å². The van der Waals surface area contributed by atoms with Crippen molar-refractivity contribution in [3.63, 3.8) is 0 Å². The van der Waals surface area contributed by atoms with Crippen LogP contribution in [0.3, 0.4) is 0 Å². The Balaban J connectivity index is 2.63. The molecule has 0 unspecified atom stereocenters. The molecule has 0 bridgehead atoms. The fraction of sp³-hybridized carbons (Fsp3) is 0.455. The van der Waals surface area contributed by atoms with E-state index in [1.807, 2.05) is 0 Å². The zero-order valence-corrected chi connectivity index (χ0v) is 10.9. The lowest BCUT2D eigenvalue weighted by atomic mass is 9.98. The van der Waals surface area contributed by atoms with Gasteiger partial charge in [0.2, 0.25) is 0 Å². The number of nitrogens with zero attached hydrogens (tertiary/aromatic N) is 2. The molecule has 98 valence electrons. The van der Waals surface area contributed by atoms with Crippen LogP contribution in [0.4, 0.5) is 0 Å². The molecule has 0 atom stereocenters. The number of carbonyl (C=O) groups excluding carboxylic acids is 1. The van der Waals surface area contributed by atoms with E-state index in [0.717, 1.165) is 0 Å². The van der Waals surface area contributed by atoms with Crippen molar-refractivity contribution in [1.82, 2.24) is 15.5 Å². The Kier molecular flexibility index (Phi) is 4.61. The molecule has 2 N–H and O–H groups in total. The Labute approximate surface area is 109 Å². The Morgan fingerprint density at radius 1 is 1.39 bits per heavy atom. The van der Waals surface area contributed by atoms with Crippen molar-refractivity contribution in [1.29, 1.82) is 0 Å². The molecule has 0 aliphatic heterocycles. The van der Waals surface area contributed by atoms with Crippen molar-refractivity contribution < 1.29 is 14.7 Å². The van der Waals surface area contributed by atoms with Gasteiger partial charge in [0.1, 0.15) is 0 Å². The number of aromatic nitrogens is 2. The van der Waals surface area contributed by atoms with Crippen molar-refractivity contribution in [2.45, 2.75) is 32.2 Å². The van der Waals surface area contributed by atoms with Gasteiger partial charge in [0.05, 0.1) is 0 Å². The smallest absolute Gasteiger partial charge is 0.303 e. The van der Waals surface area contributed by atoms with E-state index < -0.39 is 17.4 Å². The normalized spacial score (nSPS) is 11.1. The molecule has 1 rings (SSSR count). The number of amides is 1. The second-order valence-electron chi connectivity index (χ2n) is 4.47. The number of carboxylic acid groups (broad SMARTS) is 1. The molecule has 6 nitrogen and oxygen atoms in total. The van der Waals surface area contributed by atoms with Crippen molar-refractivity contribution in [3.05, 3.63) is 23.0 Å². The van der Waals surface area contributed by atoms with Gasteiger partial charge in [0.15, 0.2) is 10.8 Å². The molecule has 0 saturated heterocycles. The fourth-order valence-corrected chi connectivity index (χ4v) is 1.39. The van der Waals surface area contributed by atoms with Crippen LogP contribution in [0, 0.1) is 0 Å². The highest BCUT2D eigenvalue weighted by atomic mass is 35.5. The molecule has 0 saturated carbocycles. The van der Waals surface area contributed by atoms with Gasteiger partial charge >= 0.3 is 5.97 Å². The molecule has 1 aromatic heterocycles. The van der Waals surface area contributed by atoms with Gasteiger partial charge in [0.25, 0.3) is 5.91 Å². The molecular formula is C11H14ClN3O3. The van der Waals surface area contributed by atoms with Gasteiger partial charge in [-0.05, 0) is 32.4 Å². The minimum absolute atomic E-state index is 0.0143. The SMILES string of the molecule is CC(C)(CCC(=O)O)NC(=O)c1ccc(Cl)nn1. The number of hydrogen-bond acceptors (Lipinski definition) is 4. The molecule has 0 spiro atoms. The standard InChI is InChI=1S/C11H14ClN3O3/c1-11(2,6-5-9(16)17)13-10(18)7-3-4-8(12)15-14-7/h3-4H,5-6H2,1-2H3,(H,13,18)(H,16,17). The van der Waals surface area contributed by atoms with E-state index in [4.69, 9.17) is 16.7 Å². The minimum atomic E-state index is -0.899. The molecule has 0 radical (unpaired) electrons. The summed E-state index contributed by atoms with van der Waals surface area (Å²) in [5.41, 5.74) is -0.487. The lowest BCUT2D eigenvalue weighted by Crippen LogP contribution is -2.44. The monoisotopic (exact) mass is 271 g/mol. The van der Waals surface area contributed by atoms with Gasteiger partial charge in [-0.25, -0.2) is 0 Å². The van der Waals surface area contributed by atoms with Crippen LogP contribution in [0.5, 0.6) is 0 Å². The first-order chi connectivity index (χ1) is 8.30. The Bertz CT molecular complexity index is 445. The maximum Gasteiger partial charge on any atom is 0.303 e. The highest BCUT2D eigenvalue weighted by Gasteiger charge is 2.22. The number of rotatable bonds is 5. The molecule has 1 aromatic rings. The van der Waals surface area contributed by atoms with E-state index in [-0.39, 0.29) is 17.3 Å². The molecule has 7 heteroatoms. The fourth-order valence-electron chi connectivity index (χ4n) is 1.29. The molecule has 0 aromatic carbocycles. The van der Waals surface area contributed by atoms with Crippen LogP contribution in [-0.4, -0.2) is 32.7 Å². The predicted molar refractivity (Wildman–Crippen MR) is 65.5 cm³/mol. The van der Waals surface area contributed by atoms with Crippen molar-refractivity contribution in [3.8, 4) is 0 Å². The zero-order chi connectivity index (χ0) is 13.8. The molecular weight excluding hydrogens is 258 g/mol. The van der Waals surface area contributed by atoms with Crippen LogP contribution >= 0.6 is 11.6 Å². The van der Waals surface area contributed by atoms with E-state index >= 15 is 0 Å². The third kappa shape index (κ3) is 4.67. The van der Waals surface area contributed by atoms with E-state index in [2.05, 4.69) is 15.5 Å². The van der Waals surface area contributed by atoms with Crippen molar-refractivity contribution in [2.75, 3.05) is 0 Å². The van der Waals surface area contributed by atoms with Crippen LogP contribution in [0.15, 0.2) is 12.1 Å². The van der Waals surface area contributed by atoms with Gasteiger partial charge < -0.3 is 10.4 Å². The average molecular weight is 272 g/mol. The molecule has 1 heterocycles. The summed E-state index contributed by atoms with van der Waals surface area (Å²) in [4.78, 5) is 22.3. The van der Waals surface area contributed by atoms with Crippen LogP contribution < -0.4 is 5.32 Å². The van der Waals surface area contributed by atoms with E-state index in [0.29, 0.717) is 6.42 Å². The van der Waals surface area contributed by atoms with Crippen LogP contribution in [0.25, 0.3) is 0 Å². The predicted octanol–water partition coefficient (Wildman–Crippen LogP) is 1.50. The second kappa shape index (κ2) is 5.77. The topological polar surface area (TPSA) is 92.2 Å². The van der Waals surface area contributed by atoms with Crippen molar-refractivity contribution in [2.24, 2.45) is 0 Å². The summed E-state index contributed by atoms with van der Waals surface area (Å²) >= 11 is 5.56. The lowest BCUT2D eigenvalue weighted by Gasteiger charge is -2.25. The zero-order valence-electron chi connectivity index (χ0n) is 10.1. The maximum atomic E-state index is 11.8. The van der Waals surface area contributed by atoms with E-state index in [9.17, 15) is 9.59 Å². The lowest BCUT2D eigenvalue weighted by molar-refractivity contribution is -0.137. The minimum Gasteiger partial charge on any atom is -0.481 e. The second-order valence-corrected chi connectivity index (χ2v) is 4.86. The van der Waals surface area contributed by atoms with E-state index in [1.54, 1.807) is 13.8 Å². The van der Waals surface area contributed by atoms with E-state index in [1.165, 1.54) is 12.1 Å². The summed E-state index contributed by atoms with van der Waals surface area (Å²) in [6.07, 6.45) is 0.314. The molecule has 0 fully saturated rings.